The second-order valence-electron chi connectivity index (χ2n) is 11.5. The van der Waals surface area contributed by atoms with Gasteiger partial charge in [-0.15, -0.1) is 0 Å². The second-order valence-corrected chi connectivity index (χ2v) is 17.5. The molecule has 5 aromatic rings. The maximum Gasteiger partial charge on any atom is 0.240 e. The summed E-state index contributed by atoms with van der Waals surface area (Å²) >= 11 is 0. The zero-order valence-electron chi connectivity index (χ0n) is 24.2. The zero-order valence-corrected chi connectivity index (χ0v) is 27.9. The molecule has 1 atom stereocenters. The van der Waals surface area contributed by atoms with Gasteiger partial charge in [0.25, 0.3) is 0 Å². The lowest BCUT2D eigenvalue weighted by atomic mass is 9.88. The first kappa shape index (κ1) is 31.1. The third-order valence-electron chi connectivity index (χ3n) is 7.79. The van der Waals surface area contributed by atoms with Crippen molar-refractivity contribution in [2.45, 2.75) is 33.3 Å². The summed E-state index contributed by atoms with van der Waals surface area (Å²) in [5.41, 5.74) is -0.00542. The van der Waals surface area contributed by atoms with Crippen molar-refractivity contribution in [2.75, 3.05) is 6.16 Å². The van der Waals surface area contributed by atoms with Crippen LogP contribution in [0, 0.1) is 5.41 Å². The Balaban J connectivity index is 0.00000387. The molecule has 0 fully saturated rings. The minimum Gasteiger partial charge on any atom is -1.00 e. The third-order valence-corrected chi connectivity index (χ3v) is 14.8. The van der Waals surface area contributed by atoms with Gasteiger partial charge in [0.1, 0.15) is 23.2 Å². The van der Waals surface area contributed by atoms with Crippen LogP contribution in [0.2, 0.25) is 0 Å². The second kappa shape index (κ2) is 14.4. The SMILES string of the molecule is CC(C)(C)C(CC[P+](c1ccccc1)(c1ccccc1)c1ccccc1)O[SiH](c1ccccc1)c1ccccc1.[Br-]. The molecule has 0 aliphatic carbocycles. The Hall–Kier alpha value is -2.81. The largest absolute Gasteiger partial charge is 1.00 e. The molecule has 0 aromatic heterocycles. The van der Waals surface area contributed by atoms with Gasteiger partial charge in [0.15, 0.2) is 0 Å². The Bertz CT molecular complexity index is 1310. The molecule has 210 valence electrons. The molecule has 41 heavy (non-hydrogen) atoms. The van der Waals surface area contributed by atoms with Crippen LogP contribution in [0.1, 0.15) is 27.2 Å². The van der Waals surface area contributed by atoms with Gasteiger partial charge < -0.3 is 21.4 Å². The Morgan fingerprint density at radius 1 is 0.537 bits per heavy atom. The first-order valence-electron chi connectivity index (χ1n) is 14.3. The lowest BCUT2D eigenvalue weighted by Gasteiger charge is -2.36. The first-order valence-corrected chi connectivity index (χ1v) is 17.9. The van der Waals surface area contributed by atoms with Gasteiger partial charge in [-0.3, -0.25) is 0 Å². The van der Waals surface area contributed by atoms with E-state index in [2.05, 4.69) is 172 Å². The van der Waals surface area contributed by atoms with E-state index in [1.807, 2.05) is 0 Å². The molecule has 4 heteroatoms. The molecular formula is C37H40BrOPSi. The summed E-state index contributed by atoms with van der Waals surface area (Å²) < 4.78 is 7.35. The highest BCUT2D eigenvalue weighted by atomic mass is 79.9. The van der Waals surface area contributed by atoms with E-state index in [1.54, 1.807) is 0 Å². The molecule has 0 aliphatic heterocycles. The van der Waals surface area contributed by atoms with Crippen LogP contribution in [-0.4, -0.2) is 21.3 Å². The number of benzene rings is 5. The van der Waals surface area contributed by atoms with Crippen molar-refractivity contribution < 1.29 is 21.4 Å². The number of hydrogen-bond donors (Lipinski definition) is 0. The molecular weight excluding hydrogens is 599 g/mol. The molecule has 0 heterocycles. The van der Waals surface area contributed by atoms with Gasteiger partial charge >= 0.3 is 0 Å². The van der Waals surface area contributed by atoms with Gasteiger partial charge in [0.05, 0.1) is 12.3 Å². The van der Waals surface area contributed by atoms with Crippen molar-refractivity contribution in [3.8, 4) is 0 Å². The molecule has 0 bridgehead atoms. The first-order chi connectivity index (χ1) is 19.5. The van der Waals surface area contributed by atoms with Crippen LogP contribution in [0.4, 0.5) is 0 Å². The molecule has 0 N–H and O–H groups in total. The minimum atomic E-state index is -1.93. The Morgan fingerprint density at radius 2 is 0.854 bits per heavy atom. The van der Waals surface area contributed by atoms with Gasteiger partial charge in [-0.25, -0.2) is 0 Å². The molecule has 0 amide bonds. The minimum absolute atomic E-state index is 0. The van der Waals surface area contributed by atoms with Crippen LogP contribution < -0.4 is 43.3 Å². The summed E-state index contributed by atoms with van der Waals surface area (Å²) in [6, 6.07) is 55.4. The topological polar surface area (TPSA) is 9.23 Å². The van der Waals surface area contributed by atoms with Crippen molar-refractivity contribution in [1.29, 1.82) is 0 Å². The van der Waals surface area contributed by atoms with E-state index < -0.39 is 16.3 Å². The molecule has 1 nitrogen and oxygen atoms in total. The van der Waals surface area contributed by atoms with Crippen molar-refractivity contribution in [1.82, 2.24) is 0 Å². The highest BCUT2D eigenvalue weighted by Gasteiger charge is 2.46. The van der Waals surface area contributed by atoms with Gasteiger partial charge in [0, 0.05) is 6.42 Å². The molecule has 0 saturated heterocycles. The third kappa shape index (κ3) is 7.34. The van der Waals surface area contributed by atoms with Crippen LogP contribution in [0.3, 0.4) is 0 Å². The molecule has 5 rings (SSSR count). The molecule has 5 aromatic carbocycles. The van der Waals surface area contributed by atoms with Crippen LogP contribution >= 0.6 is 7.26 Å². The van der Waals surface area contributed by atoms with Gasteiger partial charge in [-0.1, -0.05) is 136 Å². The Labute approximate surface area is 259 Å². The van der Waals surface area contributed by atoms with Crippen molar-refractivity contribution in [2.24, 2.45) is 5.41 Å². The average molecular weight is 640 g/mol. The summed E-state index contributed by atoms with van der Waals surface area (Å²) in [4.78, 5) is 0. The molecule has 0 radical (unpaired) electrons. The van der Waals surface area contributed by atoms with E-state index in [1.165, 1.54) is 26.3 Å². The van der Waals surface area contributed by atoms with Gasteiger partial charge in [-0.2, -0.15) is 0 Å². The van der Waals surface area contributed by atoms with E-state index in [0.29, 0.717) is 0 Å². The summed E-state index contributed by atoms with van der Waals surface area (Å²) in [6.07, 6.45) is 2.15. The summed E-state index contributed by atoms with van der Waals surface area (Å²) in [5, 5.41) is 6.95. The van der Waals surface area contributed by atoms with E-state index in [0.717, 1.165) is 12.6 Å². The number of rotatable bonds is 10. The summed E-state index contributed by atoms with van der Waals surface area (Å²) in [5.74, 6) is 0. The van der Waals surface area contributed by atoms with Crippen LogP contribution in [-0.2, 0) is 4.43 Å². The fraction of sp³-hybridized carbons (Fsp3) is 0.189. The molecule has 0 saturated carbocycles. The number of halogens is 1. The highest BCUT2D eigenvalue weighted by Crippen LogP contribution is 2.56. The van der Waals surface area contributed by atoms with Crippen molar-refractivity contribution >= 4 is 42.6 Å². The maximum absolute atomic E-state index is 7.35. The summed E-state index contributed by atoms with van der Waals surface area (Å²) in [6.45, 7) is 7.02. The van der Waals surface area contributed by atoms with Crippen LogP contribution in [0.25, 0.3) is 0 Å². The fourth-order valence-corrected chi connectivity index (χ4v) is 12.7. The van der Waals surface area contributed by atoms with E-state index in [4.69, 9.17) is 4.43 Å². The van der Waals surface area contributed by atoms with Crippen molar-refractivity contribution in [3.05, 3.63) is 152 Å². The maximum atomic E-state index is 7.35. The molecule has 0 spiro atoms. The lowest BCUT2D eigenvalue weighted by Crippen LogP contribution is -3.00. The predicted molar refractivity (Wildman–Crippen MR) is 178 cm³/mol. The number of hydrogen-bond acceptors (Lipinski definition) is 1. The van der Waals surface area contributed by atoms with Crippen molar-refractivity contribution in [3.63, 3.8) is 0 Å². The standard InChI is InChI=1S/C37H40OPSi.BrH/c1-37(2,3)36(38-40(34-25-15-7-16-26-34)35-27-17-8-18-28-35)29-30-39(31-19-9-4-10-20-31,32-21-11-5-12-22-32)33-23-13-6-14-24-33;/h4-28,36,40H,29-30H2,1-3H3;1H/q+1;/p-1. The smallest absolute Gasteiger partial charge is 0.240 e. The quantitative estimate of drug-likeness (QED) is 0.168. The van der Waals surface area contributed by atoms with E-state index in [-0.39, 0.29) is 28.5 Å². The average Bonchev–Trinajstić information content (AvgIpc) is 3.01. The van der Waals surface area contributed by atoms with E-state index in [9.17, 15) is 0 Å². The van der Waals surface area contributed by atoms with Gasteiger partial charge in [0.2, 0.25) is 9.04 Å². The zero-order chi connectivity index (χ0) is 27.8. The van der Waals surface area contributed by atoms with Crippen LogP contribution in [0.5, 0.6) is 0 Å². The predicted octanol–water partition coefficient (Wildman–Crippen LogP) is 3.34. The van der Waals surface area contributed by atoms with E-state index >= 15 is 0 Å². The highest BCUT2D eigenvalue weighted by molar-refractivity contribution is 7.95. The Kier molecular flexibility index (Phi) is 10.9. The summed E-state index contributed by atoms with van der Waals surface area (Å²) in [7, 11) is -3.83. The molecule has 0 aliphatic rings. The Morgan fingerprint density at radius 3 is 1.17 bits per heavy atom. The fourth-order valence-electron chi connectivity index (χ4n) is 5.67. The lowest BCUT2D eigenvalue weighted by molar-refractivity contribution is -0.00000861. The van der Waals surface area contributed by atoms with Crippen LogP contribution in [0.15, 0.2) is 152 Å². The van der Waals surface area contributed by atoms with Gasteiger partial charge in [-0.05, 0) is 52.2 Å². The molecule has 1 unspecified atom stereocenters. The normalized spacial score (nSPS) is 12.5. The monoisotopic (exact) mass is 638 g/mol.